The molecule has 2 N–H and O–H groups in total. The molecule has 0 bridgehead atoms. The lowest BCUT2D eigenvalue weighted by atomic mass is 10.0. The monoisotopic (exact) mass is 860 g/mol. The Bertz CT molecular complexity index is 2470. The van der Waals surface area contributed by atoms with Crippen molar-refractivity contribution in [3.05, 3.63) is 149 Å². The van der Waals surface area contributed by atoms with Crippen molar-refractivity contribution < 1.29 is 27.0 Å². The van der Waals surface area contributed by atoms with E-state index < -0.39 is 28.8 Å². The number of hydrogen-bond donors (Lipinski definition) is 2. The van der Waals surface area contributed by atoms with E-state index in [0.29, 0.717) is 87.3 Å². The highest BCUT2D eigenvalue weighted by Gasteiger charge is 2.31. The SMILES string of the molecule is COc1ccc(Nc2nc(=O)c(Br)c3n2C(c2cc(F)cc(F)c2)CC3)c(C)n1.COc1ccc(Nc2nc(=O)c(C)c3n2C(c2cc(F)cc(F)c2)CC3)c(C)n1. The molecule has 12 nitrogen and oxygen atoms in total. The average Bonchev–Trinajstić information content (AvgIpc) is 3.83. The van der Waals surface area contributed by atoms with Crippen molar-refractivity contribution in [2.24, 2.45) is 0 Å². The van der Waals surface area contributed by atoms with Crippen LogP contribution in [0.3, 0.4) is 0 Å². The van der Waals surface area contributed by atoms with Crippen LogP contribution in [0, 0.1) is 44.0 Å². The Balaban J connectivity index is 0.000000177. The van der Waals surface area contributed by atoms with Crippen LogP contribution in [0.15, 0.2) is 74.7 Å². The second-order valence-electron chi connectivity index (χ2n) is 13.8. The lowest BCUT2D eigenvalue weighted by molar-refractivity contribution is 0.397. The molecule has 8 rings (SSSR count). The van der Waals surface area contributed by atoms with Crippen LogP contribution in [0.4, 0.5) is 40.8 Å². The van der Waals surface area contributed by atoms with Gasteiger partial charge >= 0.3 is 0 Å². The van der Waals surface area contributed by atoms with Crippen molar-refractivity contribution in [1.29, 1.82) is 0 Å². The molecule has 0 saturated carbocycles. The Morgan fingerprint density at radius 3 is 1.47 bits per heavy atom. The highest BCUT2D eigenvalue weighted by molar-refractivity contribution is 9.10. The van der Waals surface area contributed by atoms with Crippen LogP contribution in [0.2, 0.25) is 0 Å². The summed E-state index contributed by atoms with van der Waals surface area (Å²) in [5.41, 5.74) is 4.93. The summed E-state index contributed by atoms with van der Waals surface area (Å²) >= 11 is 3.31. The molecule has 2 aromatic carbocycles. The predicted molar refractivity (Wildman–Crippen MR) is 213 cm³/mol. The number of anilines is 4. The Hall–Kier alpha value is -6.10. The van der Waals surface area contributed by atoms with Crippen LogP contribution in [-0.4, -0.2) is 43.3 Å². The van der Waals surface area contributed by atoms with Crippen molar-refractivity contribution in [1.82, 2.24) is 29.1 Å². The zero-order valence-electron chi connectivity index (χ0n) is 32.0. The molecular weight excluding hydrogens is 824 g/mol. The fourth-order valence-electron chi connectivity index (χ4n) is 7.39. The van der Waals surface area contributed by atoms with Crippen molar-refractivity contribution in [2.45, 2.75) is 58.5 Å². The maximum atomic E-state index is 13.8. The molecule has 2 atom stereocenters. The minimum absolute atomic E-state index is 0.287. The van der Waals surface area contributed by atoms with Gasteiger partial charge in [0.25, 0.3) is 11.1 Å². The van der Waals surface area contributed by atoms with Gasteiger partial charge in [0, 0.05) is 41.2 Å². The van der Waals surface area contributed by atoms with Crippen LogP contribution >= 0.6 is 15.9 Å². The first-order valence-electron chi connectivity index (χ1n) is 18.2. The van der Waals surface area contributed by atoms with Crippen LogP contribution in [-0.2, 0) is 12.8 Å². The summed E-state index contributed by atoms with van der Waals surface area (Å²) in [6.45, 7) is 5.33. The summed E-state index contributed by atoms with van der Waals surface area (Å²) in [6, 6.07) is 13.2. The second kappa shape index (κ2) is 16.4. The number of hydrogen-bond acceptors (Lipinski definition) is 10. The lowest BCUT2D eigenvalue weighted by Gasteiger charge is -2.21. The van der Waals surface area contributed by atoms with Gasteiger partial charge in [-0.3, -0.25) is 9.59 Å². The maximum absolute atomic E-state index is 13.8. The van der Waals surface area contributed by atoms with Gasteiger partial charge in [-0.1, -0.05) is 0 Å². The molecule has 6 heterocycles. The van der Waals surface area contributed by atoms with Gasteiger partial charge in [0.2, 0.25) is 23.7 Å². The van der Waals surface area contributed by atoms with Crippen LogP contribution in [0.25, 0.3) is 0 Å². The zero-order valence-corrected chi connectivity index (χ0v) is 33.5. The number of halogens is 5. The molecule has 2 aliphatic heterocycles. The van der Waals surface area contributed by atoms with E-state index in [2.05, 4.69) is 46.5 Å². The number of aromatic nitrogens is 6. The quantitative estimate of drug-likeness (QED) is 0.145. The summed E-state index contributed by atoms with van der Waals surface area (Å²) in [7, 11) is 3.06. The first-order valence-corrected chi connectivity index (χ1v) is 19.0. The molecule has 2 aliphatic rings. The van der Waals surface area contributed by atoms with Crippen molar-refractivity contribution >= 4 is 39.2 Å². The number of nitrogens with zero attached hydrogens (tertiary/aromatic N) is 6. The third kappa shape index (κ3) is 8.03. The van der Waals surface area contributed by atoms with Gasteiger partial charge in [-0.15, -0.1) is 0 Å². The summed E-state index contributed by atoms with van der Waals surface area (Å²) in [5, 5.41) is 6.31. The normalized spacial score (nSPS) is 15.3. The third-order valence-electron chi connectivity index (χ3n) is 10.2. The second-order valence-corrected chi connectivity index (χ2v) is 14.6. The molecule has 0 spiro atoms. The van der Waals surface area contributed by atoms with Gasteiger partial charge < -0.3 is 29.2 Å². The highest BCUT2D eigenvalue weighted by Crippen LogP contribution is 2.39. The molecule has 0 fully saturated rings. The molecule has 0 radical (unpaired) electrons. The smallest absolute Gasteiger partial charge is 0.289 e. The average molecular weight is 862 g/mol. The van der Waals surface area contributed by atoms with E-state index in [0.717, 1.165) is 23.5 Å². The maximum Gasteiger partial charge on any atom is 0.289 e. The summed E-state index contributed by atoms with van der Waals surface area (Å²) in [6.07, 6.45) is 2.38. The molecule has 17 heteroatoms. The molecule has 0 aliphatic carbocycles. The molecule has 300 valence electrons. The topological polar surface area (TPSA) is 138 Å². The minimum atomic E-state index is -0.647. The van der Waals surface area contributed by atoms with Crippen LogP contribution < -0.4 is 31.2 Å². The fourth-order valence-corrected chi connectivity index (χ4v) is 7.87. The van der Waals surface area contributed by atoms with Crippen molar-refractivity contribution in [2.75, 3.05) is 24.9 Å². The van der Waals surface area contributed by atoms with Gasteiger partial charge in [0.1, 0.15) is 27.7 Å². The predicted octanol–water partition coefficient (Wildman–Crippen LogP) is 8.10. The summed E-state index contributed by atoms with van der Waals surface area (Å²) in [5.74, 6) is -1.02. The van der Waals surface area contributed by atoms with E-state index in [1.54, 1.807) is 38.1 Å². The van der Waals surface area contributed by atoms with Gasteiger partial charge in [-0.2, -0.15) is 9.97 Å². The number of rotatable bonds is 8. The molecule has 6 aromatic rings. The molecule has 0 saturated heterocycles. The fraction of sp³-hybridized carbons (Fsp3) is 0.268. The van der Waals surface area contributed by atoms with Gasteiger partial charge in [-0.25, -0.2) is 27.5 Å². The number of aryl methyl sites for hydroxylation is 2. The van der Waals surface area contributed by atoms with Crippen molar-refractivity contribution in [3.8, 4) is 11.8 Å². The third-order valence-corrected chi connectivity index (χ3v) is 10.9. The molecule has 4 aromatic heterocycles. The van der Waals surface area contributed by atoms with Gasteiger partial charge in [0.05, 0.1) is 49.1 Å². The number of ether oxygens (including phenoxy) is 2. The van der Waals surface area contributed by atoms with Gasteiger partial charge in [0.15, 0.2) is 0 Å². The zero-order chi connectivity index (χ0) is 41.4. The largest absolute Gasteiger partial charge is 0.481 e. The summed E-state index contributed by atoms with van der Waals surface area (Å²) < 4.78 is 69.5. The summed E-state index contributed by atoms with van der Waals surface area (Å²) in [4.78, 5) is 41.7. The van der Waals surface area contributed by atoms with E-state index in [1.165, 1.54) is 38.5 Å². The molecular formula is C41H37BrF4N8O4. The van der Waals surface area contributed by atoms with Crippen molar-refractivity contribution in [3.63, 3.8) is 0 Å². The number of nitrogens with one attached hydrogen (secondary N) is 2. The molecule has 58 heavy (non-hydrogen) atoms. The number of pyridine rings is 2. The van der Waals surface area contributed by atoms with E-state index in [4.69, 9.17) is 9.47 Å². The van der Waals surface area contributed by atoms with E-state index >= 15 is 0 Å². The Morgan fingerprint density at radius 1 is 0.621 bits per heavy atom. The number of methoxy groups -OCH3 is 2. The first kappa shape index (κ1) is 40.1. The Kier molecular flexibility index (Phi) is 11.3. The van der Waals surface area contributed by atoms with Gasteiger partial charge in [-0.05, 0) is 110 Å². The first-order chi connectivity index (χ1) is 27.7. The van der Waals surface area contributed by atoms with E-state index in [-0.39, 0.29) is 23.6 Å². The lowest BCUT2D eigenvalue weighted by Crippen LogP contribution is -2.22. The Morgan fingerprint density at radius 2 is 1.03 bits per heavy atom. The molecule has 0 amide bonds. The Labute approximate surface area is 338 Å². The van der Waals surface area contributed by atoms with E-state index in [1.807, 2.05) is 16.1 Å². The number of benzene rings is 2. The molecule has 2 unspecified atom stereocenters. The van der Waals surface area contributed by atoms with Crippen LogP contribution in [0.5, 0.6) is 11.8 Å². The van der Waals surface area contributed by atoms with E-state index in [9.17, 15) is 27.2 Å². The number of fused-ring (bicyclic) bond motifs is 2. The van der Waals surface area contributed by atoms with Crippen LogP contribution in [0.1, 0.15) is 64.4 Å². The standard InChI is InChI=1S/C21H20F2N4O2.C20H17BrF2N4O2/c1-11-17-5-6-18(13-8-14(22)10-15(23)9-13)27(17)21(26-20(11)28)25-16-4-7-19(29-3)24-12(16)2;1-10-14(3-6-17(24-10)29-2)25-20-26-19(28)18(21)16-5-4-15(27(16)20)11-7-12(22)9-13(23)8-11/h4,7-10,18H,5-6H2,1-3H3,(H,25,26,28);3,6-9,15H,4-5H2,1-2H3,(H,25,26,28). The minimum Gasteiger partial charge on any atom is -0.481 e. The highest BCUT2D eigenvalue weighted by atomic mass is 79.9.